The van der Waals surface area contributed by atoms with Crippen molar-refractivity contribution < 1.29 is 4.79 Å². The number of aromatic nitrogens is 2. The lowest BCUT2D eigenvalue weighted by Gasteiger charge is -2.15. The van der Waals surface area contributed by atoms with Gasteiger partial charge in [-0.15, -0.1) is 0 Å². The van der Waals surface area contributed by atoms with Crippen molar-refractivity contribution in [2.45, 2.75) is 26.8 Å². The second-order valence-corrected chi connectivity index (χ2v) is 6.26. The first-order valence-electron chi connectivity index (χ1n) is 8.57. The highest BCUT2D eigenvalue weighted by Crippen LogP contribution is 2.18. The lowest BCUT2D eigenvalue weighted by atomic mass is 10.1. The van der Waals surface area contributed by atoms with Gasteiger partial charge in [0.05, 0.1) is 6.04 Å². The van der Waals surface area contributed by atoms with Gasteiger partial charge in [-0.1, -0.05) is 48.5 Å². The van der Waals surface area contributed by atoms with Gasteiger partial charge in [0.25, 0.3) is 5.91 Å². The fraction of sp³-hybridized carbons (Fsp3) is 0.190. The molecule has 5 heteroatoms. The van der Waals surface area contributed by atoms with Gasteiger partial charge < -0.3 is 10.6 Å². The molecular weight excluding hydrogens is 324 g/mol. The molecular formula is C21H22N4O. The number of para-hydroxylation sites is 1. The summed E-state index contributed by atoms with van der Waals surface area (Å²) in [7, 11) is 0. The molecule has 1 unspecified atom stereocenters. The fourth-order valence-electron chi connectivity index (χ4n) is 2.67. The molecule has 0 aliphatic carbocycles. The molecule has 3 rings (SSSR count). The molecule has 2 N–H and O–H groups in total. The number of nitrogens with zero attached hydrogens (tertiary/aromatic N) is 2. The van der Waals surface area contributed by atoms with Gasteiger partial charge in [0.1, 0.15) is 5.69 Å². The maximum atomic E-state index is 12.6. The Kier molecular flexibility index (Phi) is 5.27. The van der Waals surface area contributed by atoms with Gasteiger partial charge in [-0.05, 0) is 44.0 Å². The Morgan fingerprint density at radius 2 is 1.65 bits per heavy atom. The van der Waals surface area contributed by atoms with E-state index in [4.69, 9.17) is 0 Å². The number of hydrogen-bond donors (Lipinski definition) is 2. The number of anilines is 2. The number of carbonyl (C=O) groups excluding carboxylic acids is 1. The average Bonchev–Trinajstić information content (AvgIpc) is 2.64. The largest absolute Gasteiger partial charge is 0.344 e. The zero-order valence-electron chi connectivity index (χ0n) is 15.2. The maximum Gasteiger partial charge on any atom is 0.270 e. The van der Waals surface area contributed by atoms with Gasteiger partial charge in [-0.25, -0.2) is 9.97 Å². The molecule has 2 aromatic carbocycles. The summed E-state index contributed by atoms with van der Waals surface area (Å²) in [5.74, 6) is 0.191. The van der Waals surface area contributed by atoms with Crippen LogP contribution in [0.1, 0.15) is 40.3 Å². The number of amides is 1. The molecule has 26 heavy (non-hydrogen) atoms. The van der Waals surface area contributed by atoms with E-state index in [2.05, 4.69) is 20.6 Å². The first-order chi connectivity index (χ1) is 12.5. The van der Waals surface area contributed by atoms with E-state index in [0.717, 1.165) is 22.5 Å². The number of aryl methyl sites for hydroxylation is 2. The van der Waals surface area contributed by atoms with E-state index in [9.17, 15) is 4.79 Å². The molecule has 1 amide bonds. The Morgan fingerprint density at radius 3 is 2.38 bits per heavy atom. The van der Waals surface area contributed by atoms with Crippen LogP contribution in [0, 0.1) is 13.8 Å². The SMILES string of the molecule is Cc1cc(C(=O)NC(C)c2ccccc2)nc(Nc2ccccc2C)n1. The summed E-state index contributed by atoms with van der Waals surface area (Å²) >= 11 is 0. The van der Waals surface area contributed by atoms with E-state index < -0.39 is 0 Å². The number of hydrogen-bond acceptors (Lipinski definition) is 4. The predicted octanol–water partition coefficient (Wildman–Crippen LogP) is 4.33. The summed E-state index contributed by atoms with van der Waals surface area (Å²) in [6.45, 7) is 5.81. The first-order valence-corrected chi connectivity index (χ1v) is 8.57. The minimum Gasteiger partial charge on any atom is -0.344 e. The van der Waals surface area contributed by atoms with E-state index in [1.807, 2.05) is 75.4 Å². The molecule has 0 bridgehead atoms. The molecule has 5 nitrogen and oxygen atoms in total. The van der Waals surface area contributed by atoms with Crippen molar-refractivity contribution in [2.24, 2.45) is 0 Å². The minimum absolute atomic E-state index is 0.105. The van der Waals surface area contributed by atoms with Crippen molar-refractivity contribution in [1.82, 2.24) is 15.3 Å². The summed E-state index contributed by atoms with van der Waals surface area (Å²) in [4.78, 5) is 21.4. The average molecular weight is 346 g/mol. The predicted molar refractivity (Wildman–Crippen MR) is 104 cm³/mol. The molecule has 0 aliphatic rings. The number of nitrogens with one attached hydrogen (secondary N) is 2. The van der Waals surface area contributed by atoms with Crippen molar-refractivity contribution in [2.75, 3.05) is 5.32 Å². The molecule has 3 aromatic rings. The molecule has 1 atom stereocenters. The number of carbonyl (C=O) groups is 1. The summed E-state index contributed by atoms with van der Waals surface area (Å²) in [5, 5.41) is 6.18. The first kappa shape index (κ1) is 17.6. The van der Waals surface area contributed by atoms with E-state index in [-0.39, 0.29) is 11.9 Å². The second-order valence-electron chi connectivity index (χ2n) is 6.26. The van der Waals surface area contributed by atoms with Gasteiger partial charge in [0.15, 0.2) is 0 Å². The third-order valence-corrected chi connectivity index (χ3v) is 4.13. The van der Waals surface area contributed by atoms with Gasteiger partial charge in [0.2, 0.25) is 5.95 Å². The number of benzene rings is 2. The molecule has 0 radical (unpaired) electrons. The molecule has 0 spiro atoms. The van der Waals surface area contributed by atoms with Crippen LogP contribution in [0.3, 0.4) is 0 Å². The van der Waals surface area contributed by atoms with Crippen molar-refractivity contribution in [3.8, 4) is 0 Å². The molecule has 0 aliphatic heterocycles. The monoisotopic (exact) mass is 346 g/mol. The Bertz CT molecular complexity index is 909. The second kappa shape index (κ2) is 7.78. The third-order valence-electron chi connectivity index (χ3n) is 4.13. The normalized spacial score (nSPS) is 11.7. The molecule has 1 heterocycles. The Hall–Kier alpha value is -3.21. The Morgan fingerprint density at radius 1 is 0.962 bits per heavy atom. The van der Waals surface area contributed by atoms with Gasteiger partial charge in [-0.2, -0.15) is 0 Å². The topological polar surface area (TPSA) is 66.9 Å². The van der Waals surface area contributed by atoms with E-state index in [1.165, 1.54) is 0 Å². The Balaban J connectivity index is 1.78. The smallest absolute Gasteiger partial charge is 0.270 e. The molecule has 132 valence electrons. The Labute approximate surface area is 153 Å². The quantitative estimate of drug-likeness (QED) is 0.722. The van der Waals surface area contributed by atoms with Crippen LogP contribution in [0.2, 0.25) is 0 Å². The highest BCUT2D eigenvalue weighted by Gasteiger charge is 2.14. The molecule has 1 aromatic heterocycles. The van der Waals surface area contributed by atoms with Crippen molar-refractivity contribution in [3.63, 3.8) is 0 Å². The van der Waals surface area contributed by atoms with Crippen LogP contribution in [0.15, 0.2) is 60.7 Å². The summed E-state index contributed by atoms with van der Waals surface area (Å²) in [5.41, 5.74) is 4.12. The van der Waals surface area contributed by atoms with E-state index in [0.29, 0.717) is 11.6 Å². The highest BCUT2D eigenvalue weighted by atomic mass is 16.1. The maximum absolute atomic E-state index is 12.6. The van der Waals surface area contributed by atoms with Crippen LogP contribution in [0.25, 0.3) is 0 Å². The van der Waals surface area contributed by atoms with Crippen LogP contribution in [-0.2, 0) is 0 Å². The summed E-state index contributed by atoms with van der Waals surface area (Å²) < 4.78 is 0. The van der Waals surface area contributed by atoms with E-state index >= 15 is 0 Å². The fourth-order valence-corrected chi connectivity index (χ4v) is 2.67. The standard InChI is InChI=1S/C21H22N4O/c1-14-9-7-8-12-18(14)24-21-22-15(2)13-19(25-21)20(26)23-16(3)17-10-5-4-6-11-17/h4-13,16H,1-3H3,(H,23,26)(H,22,24,25). The van der Waals surface area contributed by atoms with Gasteiger partial charge in [0, 0.05) is 11.4 Å². The third kappa shape index (κ3) is 4.25. The number of rotatable bonds is 5. The van der Waals surface area contributed by atoms with Crippen molar-refractivity contribution >= 4 is 17.5 Å². The van der Waals surface area contributed by atoms with Crippen LogP contribution < -0.4 is 10.6 Å². The molecule has 0 saturated carbocycles. The van der Waals surface area contributed by atoms with Gasteiger partial charge in [-0.3, -0.25) is 4.79 Å². The van der Waals surface area contributed by atoms with E-state index in [1.54, 1.807) is 6.07 Å². The molecule has 0 fully saturated rings. The summed E-state index contributed by atoms with van der Waals surface area (Å²) in [6.07, 6.45) is 0. The highest BCUT2D eigenvalue weighted by molar-refractivity contribution is 5.93. The van der Waals surface area contributed by atoms with Crippen LogP contribution in [-0.4, -0.2) is 15.9 Å². The van der Waals surface area contributed by atoms with Crippen LogP contribution >= 0.6 is 0 Å². The lowest BCUT2D eigenvalue weighted by Crippen LogP contribution is -2.27. The van der Waals surface area contributed by atoms with Crippen molar-refractivity contribution in [1.29, 1.82) is 0 Å². The van der Waals surface area contributed by atoms with Crippen LogP contribution in [0.4, 0.5) is 11.6 Å². The lowest BCUT2D eigenvalue weighted by molar-refractivity contribution is 0.0934. The van der Waals surface area contributed by atoms with Crippen LogP contribution in [0.5, 0.6) is 0 Å². The molecule has 0 saturated heterocycles. The van der Waals surface area contributed by atoms with Crippen molar-refractivity contribution in [3.05, 3.63) is 83.2 Å². The minimum atomic E-state index is -0.223. The zero-order chi connectivity index (χ0) is 18.5. The summed E-state index contributed by atoms with van der Waals surface area (Å²) in [6, 6.07) is 19.3. The zero-order valence-corrected chi connectivity index (χ0v) is 15.2. The van der Waals surface area contributed by atoms with Gasteiger partial charge >= 0.3 is 0 Å².